The summed E-state index contributed by atoms with van der Waals surface area (Å²) in [5.74, 6) is -2.36. The van der Waals surface area contributed by atoms with Crippen LogP contribution in [-0.4, -0.2) is 45.6 Å². The lowest BCUT2D eigenvalue weighted by Crippen LogP contribution is -2.30. The van der Waals surface area contributed by atoms with Gasteiger partial charge in [0.25, 0.3) is 0 Å². The van der Waals surface area contributed by atoms with Gasteiger partial charge >= 0.3 is 5.97 Å². The highest BCUT2D eigenvalue weighted by molar-refractivity contribution is 8.02. The summed E-state index contributed by atoms with van der Waals surface area (Å²) in [4.78, 5) is 25.8. The van der Waals surface area contributed by atoms with Crippen LogP contribution in [0.5, 0.6) is 5.75 Å². The fourth-order valence-corrected chi connectivity index (χ4v) is 4.75. The minimum atomic E-state index is -1.07. The van der Waals surface area contributed by atoms with Crippen LogP contribution < -0.4 is 4.74 Å². The van der Waals surface area contributed by atoms with Crippen molar-refractivity contribution >= 4 is 46.3 Å². The van der Waals surface area contributed by atoms with E-state index in [4.69, 9.17) is 9.47 Å². The molecule has 7 nitrogen and oxygen atoms in total. The number of aliphatic carboxylic acids is 1. The molecule has 0 aliphatic carbocycles. The van der Waals surface area contributed by atoms with Gasteiger partial charge in [0.2, 0.25) is 0 Å². The number of rotatable bonds is 10. The number of allylic oxidation sites excluding steroid dienone is 1. The molecule has 0 bridgehead atoms. The predicted octanol–water partition coefficient (Wildman–Crippen LogP) is 4.61. The van der Waals surface area contributed by atoms with E-state index in [1.165, 1.54) is 11.8 Å². The van der Waals surface area contributed by atoms with E-state index in [0.717, 1.165) is 11.7 Å². The van der Waals surface area contributed by atoms with Gasteiger partial charge in [-0.3, -0.25) is 9.59 Å². The van der Waals surface area contributed by atoms with Crippen LogP contribution >= 0.6 is 23.5 Å². The number of ether oxygens (including phenoxy) is 2. The molecule has 9 heteroatoms. The Morgan fingerprint density at radius 1 is 1.13 bits per heavy atom. The number of carboxylic acids is 1. The topological polar surface area (TPSA) is 98.6 Å². The molecule has 0 amide bonds. The SMILES string of the molecule is C/C=C(/OC)SCC(C(=O)c1ccc(OC)cc1)C(C(=O)O)c1ccc2nsnc2c1. The van der Waals surface area contributed by atoms with E-state index in [2.05, 4.69) is 8.75 Å². The Balaban J connectivity index is 2.01. The average molecular weight is 459 g/mol. The van der Waals surface area contributed by atoms with E-state index in [0.29, 0.717) is 33.0 Å². The summed E-state index contributed by atoms with van der Waals surface area (Å²) >= 11 is 2.37. The molecular formula is C22H22N2O5S2. The zero-order valence-electron chi connectivity index (χ0n) is 17.3. The summed E-state index contributed by atoms with van der Waals surface area (Å²) in [6.07, 6.45) is 1.78. The number of methoxy groups -OCH3 is 2. The number of hydrogen-bond acceptors (Lipinski definition) is 8. The number of hydrogen-bond donors (Lipinski definition) is 1. The van der Waals surface area contributed by atoms with Crippen molar-refractivity contribution in [3.8, 4) is 5.75 Å². The van der Waals surface area contributed by atoms with Gasteiger partial charge in [0.1, 0.15) is 21.9 Å². The Bertz CT molecular complexity index is 1090. The quantitative estimate of drug-likeness (QED) is 0.347. The monoisotopic (exact) mass is 458 g/mol. The minimum Gasteiger partial charge on any atom is -0.497 e. The molecule has 1 heterocycles. The summed E-state index contributed by atoms with van der Waals surface area (Å²) < 4.78 is 18.8. The first kappa shape index (κ1) is 22.8. The maximum absolute atomic E-state index is 13.5. The Morgan fingerprint density at radius 3 is 2.45 bits per heavy atom. The lowest BCUT2D eigenvalue weighted by atomic mass is 9.82. The van der Waals surface area contributed by atoms with Gasteiger partial charge in [0.05, 0.1) is 31.9 Å². The average Bonchev–Trinajstić information content (AvgIpc) is 3.26. The van der Waals surface area contributed by atoms with Crippen molar-refractivity contribution in [1.82, 2.24) is 8.75 Å². The van der Waals surface area contributed by atoms with E-state index in [9.17, 15) is 14.7 Å². The van der Waals surface area contributed by atoms with Gasteiger partial charge in [-0.1, -0.05) is 17.8 Å². The van der Waals surface area contributed by atoms with Gasteiger partial charge in [0, 0.05) is 17.2 Å². The molecule has 162 valence electrons. The number of ketones is 1. The molecule has 3 aromatic rings. The number of fused-ring (bicyclic) bond motifs is 1. The van der Waals surface area contributed by atoms with Crippen molar-refractivity contribution < 1.29 is 24.2 Å². The smallest absolute Gasteiger partial charge is 0.311 e. The Labute approximate surface area is 188 Å². The largest absolute Gasteiger partial charge is 0.497 e. The molecule has 2 aromatic carbocycles. The maximum atomic E-state index is 13.5. The third-order valence-electron chi connectivity index (χ3n) is 4.86. The highest BCUT2D eigenvalue weighted by Crippen LogP contribution is 2.34. The number of benzene rings is 2. The van der Waals surface area contributed by atoms with Gasteiger partial charge in [-0.05, 0) is 55.0 Å². The maximum Gasteiger partial charge on any atom is 0.311 e. The van der Waals surface area contributed by atoms with Crippen LogP contribution in [-0.2, 0) is 9.53 Å². The molecule has 0 fully saturated rings. The van der Waals surface area contributed by atoms with Crippen molar-refractivity contribution in [2.24, 2.45) is 5.92 Å². The summed E-state index contributed by atoms with van der Waals surface area (Å²) in [6.45, 7) is 1.82. The van der Waals surface area contributed by atoms with Crippen LogP contribution in [0.3, 0.4) is 0 Å². The Kier molecular flexibility index (Phi) is 7.64. The lowest BCUT2D eigenvalue weighted by molar-refractivity contribution is -0.139. The summed E-state index contributed by atoms with van der Waals surface area (Å²) in [6, 6.07) is 11.8. The third kappa shape index (κ3) is 5.23. The molecule has 0 aliphatic heterocycles. The van der Waals surface area contributed by atoms with Crippen LogP contribution in [0, 0.1) is 5.92 Å². The lowest BCUT2D eigenvalue weighted by Gasteiger charge is -2.23. The minimum absolute atomic E-state index is 0.239. The third-order valence-corrected chi connectivity index (χ3v) is 6.63. The van der Waals surface area contributed by atoms with E-state index in [1.807, 2.05) is 6.92 Å². The second-order valence-corrected chi connectivity index (χ2v) is 8.20. The molecule has 1 N–H and O–H groups in total. The van der Waals surface area contributed by atoms with E-state index >= 15 is 0 Å². The first-order chi connectivity index (χ1) is 15.0. The van der Waals surface area contributed by atoms with Gasteiger partial charge < -0.3 is 14.6 Å². The number of carbonyl (C=O) groups excluding carboxylic acids is 1. The molecule has 0 aliphatic rings. The number of aromatic nitrogens is 2. The second kappa shape index (κ2) is 10.4. The van der Waals surface area contributed by atoms with Gasteiger partial charge in [-0.15, -0.1) is 0 Å². The number of Topliss-reactive ketones (excluding diaryl/α,β-unsaturated/α-hetero) is 1. The fourth-order valence-electron chi connectivity index (χ4n) is 3.26. The predicted molar refractivity (Wildman–Crippen MR) is 122 cm³/mol. The molecule has 0 saturated carbocycles. The number of carbonyl (C=O) groups is 2. The number of carboxylic acid groups (broad SMARTS) is 1. The Hall–Kier alpha value is -2.91. The zero-order chi connectivity index (χ0) is 22.4. The van der Waals surface area contributed by atoms with Crippen molar-refractivity contribution in [2.45, 2.75) is 12.8 Å². The molecule has 0 radical (unpaired) electrons. The number of thioether (sulfide) groups is 1. The van der Waals surface area contributed by atoms with Crippen LogP contribution in [0.15, 0.2) is 53.6 Å². The molecule has 1 aromatic heterocycles. The van der Waals surface area contributed by atoms with Gasteiger partial charge in [-0.2, -0.15) is 8.75 Å². The fraction of sp³-hybridized carbons (Fsp3) is 0.273. The van der Waals surface area contributed by atoms with E-state index in [1.54, 1.807) is 62.8 Å². The first-order valence-electron chi connectivity index (χ1n) is 9.44. The first-order valence-corrected chi connectivity index (χ1v) is 11.2. The van der Waals surface area contributed by atoms with Crippen LogP contribution in [0.1, 0.15) is 28.8 Å². The van der Waals surface area contributed by atoms with Crippen LogP contribution in [0.4, 0.5) is 0 Å². The molecule has 0 saturated heterocycles. The molecule has 2 unspecified atom stereocenters. The highest BCUT2D eigenvalue weighted by Gasteiger charge is 2.36. The molecular weight excluding hydrogens is 436 g/mol. The van der Waals surface area contributed by atoms with Crippen LogP contribution in [0.25, 0.3) is 11.0 Å². The van der Waals surface area contributed by atoms with Gasteiger partial charge in [-0.25, -0.2) is 0 Å². The summed E-state index contributed by atoms with van der Waals surface area (Å²) in [5.41, 5.74) is 2.25. The van der Waals surface area contributed by atoms with Crippen molar-refractivity contribution in [2.75, 3.05) is 20.0 Å². The van der Waals surface area contributed by atoms with Crippen molar-refractivity contribution in [3.05, 3.63) is 64.8 Å². The molecule has 2 atom stereocenters. The number of nitrogens with zero attached hydrogens (tertiary/aromatic N) is 2. The van der Waals surface area contributed by atoms with E-state index < -0.39 is 17.8 Å². The van der Waals surface area contributed by atoms with Crippen LogP contribution in [0.2, 0.25) is 0 Å². The summed E-state index contributed by atoms with van der Waals surface area (Å²) in [5, 5.41) is 10.7. The van der Waals surface area contributed by atoms with Gasteiger partial charge in [0.15, 0.2) is 5.78 Å². The standard InChI is InChI=1S/C22H22N2O5S2/c1-4-19(29-3)30-12-16(21(25)13-5-8-15(28-2)9-6-13)20(22(26)27)14-7-10-17-18(11-14)24-31-23-17/h4-11,16,20H,12H2,1-3H3,(H,26,27)/b19-4-. The van der Waals surface area contributed by atoms with E-state index in [-0.39, 0.29) is 11.5 Å². The highest BCUT2D eigenvalue weighted by atomic mass is 32.2. The molecule has 0 spiro atoms. The zero-order valence-corrected chi connectivity index (χ0v) is 18.9. The summed E-state index contributed by atoms with van der Waals surface area (Å²) in [7, 11) is 3.09. The van der Waals surface area contributed by atoms with Crippen molar-refractivity contribution in [3.63, 3.8) is 0 Å². The van der Waals surface area contributed by atoms with Crippen molar-refractivity contribution in [1.29, 1.82) is 0 Å². The second-order valence-electron chi connectivity index (χ2n) is 6.65. The normalized spacial score (nSPS) is 13.6. The molecule has 3 rings (SSSR count). The Morgan fingerprint density at radius 2 is 1.84 bits per heavy atom. The molecule has 31 heavy (non-hydrogen) atoms.